The number of para-hydroxylation sites is 1. The first-order valence-electron chi connectivity index (χ1n) is 17.5. The molecule has 0 atom stereocenters. The lowest BCUT2D eigenvalue weighted by atomic mass is 9.84. The Balaban J connectivity index is 1.18. The first-order valence-corrected chi connectivity index (χ1v) is 17.5. The Kier molecular flexibility index (Phi) is 5.88. The van der Waals surface area contributed by atoms with Crippen molar-refractivity contribution < 1.29 is 4.74 Å². The molecule has 0 bridgehead atoms. The molecule has 0 amide bonds. The summed E-state index contributed by atoms with van der Waals surface area (Å²) in [6, 6.07) is 59.5. The number of hydrogen-bond donors (Lipinski definition) is 0. The Bertz CT molecular complexity index is 3080. The van der Waals surface area contributed by atoms with E-state index in [2.05, 4.69) is 157 Å². The van der Waals surface area contributed by atoms with Crippen molar-refractivity contribution in [1.82, 2.24) is 9.55 Å². The molecule has 0 radical (unpaired) electrons. The van der Waals surface area contributed by atoms with E-state index < -0.39 is 0 Å². The Morgan fingerprint density at radius 2 is 1.00 bits per heavy atom. The Hall–Kier alpha value is -6.71. The third kappa shape index (κ3) is 4.22. The van der Waals surface area contributed by atoms with Crippen LogP contribution in [-0.2, 0) is 0 Å². The summed E-state index contributed by atoms with van der Waals surface area (Å²) in [5.74, 6) is 2.62. The highest BCUT2D eigenvalue weighted by atomic mass is 16.5. The summed E-state index contributed by atoms with van der Waals surface area (Å²) in [5.41, 5.74) is 10.2. The summed E-state index contributed by atoms with van der Waals surface area (Å²) >= 11 is 0. The maximum atomic E-state index is 6.56. The molecule has 3 nitrogen and oxygen atoms in total. The third-order valence-electron chi connectivity index (χ3n) is 10.7. The van der Waals surface area contributed by atoms with Gasteiger partial charge in [-0.05, 0) is 126 Å². The van der Waals surface area contributed by atoms with Crippen LogP contribution in [-0.4, -0.2) is 9.55 Å². The van der Waals surface area contributed by atoms with E-state index in [0.717, 1.165) is 45.2 Å². The van der Waals surface area contributed by atoms with Gasteiger partial charge in [0.15, 0.2) is 11.5 Å². The summed E-state index contributed by atoms with van der Waals surface area (Å²) in [5, 5.41) is 9.90. The van der Waals surface area contributed by atoms with Crippen molar-refractivity contribution in [2.24, 2.45) is 0 Å². The number of imidazole rings is 1. The van der Waals surface area contributed by atoms with Gasteiger partial charge in [0, 0.05) is 0 Å². The number of benzene rings is 9. The predicted molar refractivity (Wildman–Crippen MR) is 212 cm³/mol. The lowest BCUT2D eigenvalue weighted by Gasteiger charge is -2.22. The average molecular weight is 651 g/mol. The van der Waals surface area contributed by atoms with E-state index in [4.69, 9.17) is 9.72 Å². The van der Waals surface area contributed by atoms with Gasteiger partial charge in [0.25, 0.3) is 0 Å². The highest BCUT2D eigenvalue weighted by molar-refractivity contribution is 6.22. The molecule has 0 saturated carbocycles. The zero-order valence-corrected chi connectivity index (χ0v) is 27.9. The highest BCUT2D eigenvalue weighted by Crippen LogP contribution is 2.47. The van der Waals surface area contributed by atoms with E-state index in [-0.39, 0.29) is 0 Å². The summed E-state index contributed by atoms with van der Waals surface area (Å²) in [6.07, 6.45) is 0. The zero-order valence-electron chi connectivity index (χ0n) is 27.9. The minimum atomic E-state index is 0.832. The van der Waals surface area contributed by atoms with Crippen LogP contribution in [0.25, 0.3) is 93.2 Å². The molecule has 0 N–H and O–H groups in total. The Labute approximate surface area is 294 Å². The monoisotopic (exact) mass is 650 g/mol. The third-order valence-corrected chi connectivity index (χ3v) is 10.7. The molecular weight excluding hydrogens is 621 g/mol. The largest absolute Gasteiger partial charge is 0.453 e. The van der Waals surface area contributed by atoms with E-state index in [9.17, 15) is 0 Å². The fourth-order valence-corrected chi connectivity index (χ4v) is 8.34. The number of ether oxygens (including phenoxy) is 1. The van der Waals surface area contributed by atoms with Crippen LogP contribution < -0.4 is 4.74 Å². The molecule has 0 fully saturated rings. The van der Waals surface area contributed by atoms with Crippen LogP contribution >= 0.6 is 0 Å². The van der Waals surface area contributed by atoms with E-state index in [1.807, 2.05) is 18.2 Å². The first-order chi connectivity index (χ1) is 25.2. The molecule has 1 aromatic heterocycles. The Morgan fingerprint density at radius 1 is 0.431 bits per heavy atom. The minimum absolute atomic E-state index is 0.832. The number of aryl methyl sites for hydroxylation is 1. The SMILES string of the molecule is Cc1nc2cccc3c2n1-c1ccc(-c2ccc4c(-c5ccc6ccccc6c5)c5ccccc5c(-c5ccc6ccccc6c5)c4c2)cc1O3. The van der Waals surface area contributed by atoms with Crippen molar-refractivity contribution in [3.63, 3.8) is 0 Å². The second-order valence-corrected chi connectivity index (χ2v) is 13.6. The smallest absolute Gasteiger partial charge is 0.153 e. The van der Waals surface area contributed by atoms with Crippen molar-refractivity contribution in [2.45, 2.75) is 6.92 Å². The number of fused-ring (bicyclic) bond motifs is 6. The van der Waals surface area contributed by atoms with Gasteiger partial charge in [0.05, 0.1) is 11.2 Å². The molecule has 10 aromatic rings. The summed E-state index contributed by atoms with van der Waals surface area (Å²) in [7, 11) is 0. The van der Waals surface area contributed by atoms with Crippen LogP contribution in [0.3, 0.4) is 0 Å². The van der Waals surface area contributed by atoms with Gasteiger partial charge in [0.2, 0.25) is 0 Å². The second-order valence-electron chi connectivity index (χ2n) is 13.6. The van der Waals surface area contributed by atoms with Gasteiger partial charge < -0.3 is 4.74 Å². The average Bonchev–Trinajstić information content (AvgIpc) is 3.53. The van der Waals surface area contributed by atoms with Crippen molar-refractivity contribution >= 4 is 54.1 Å². The molecule has 0 spiro atoms. The Morgan fingerprint density at radius 3 is 1.71 bits per heavy atom. The van der Waals surface area contributed by atoms with Gasteiger partial charge >= 0.3 is 0 Å². The van der Waals surface area contributed by atoms with Crippen LogP contribution in [0.4, 0.5) is 0 Å². The van der Waals surface area contributed by atoms with Crippen LogP contribution in [0.5, 0.6) is 11.5 Å². The van der Waals surface area contributed by atoms with E-state index >= 15 is 0 Å². The maximum absolute atomic E-state index is 6.56. The van der Waals surface area contributed by atoms with Gasteiger partial charge in [-0.25, -0.2) is 4.98 Å². The van der Waals surface area contributed by atoms with Crippen molar-refractivity contribution in [3.8, 4) is 50.6 Å². The van der Waals surface area contributed by atoms with Crippen molar-refractivity contribution in [1.29, 1.82) is 0 Å². The molecular formula is C48H30N2O. The molecule has 11 rings (SSSR count). The van der Waals surface area contributed by atoms with Gasteiger partial charge in [-0.1, -0.05) is 121 Å². The molecule has 0 saturated heterocycles. The summed E-state index contributed by atoms with van der Waals surface area (Å²) in [4.78, 5) is 4.81. The molecule has 0 aliphatic carbocycles. The number of rotatable bonds is 3. The van der Waals surface area contributed by atoms with Crippen LogP contribution in [0.1, 0.15) is 5.82 Å². The zero-order chi connectivity index (χ0) is 33.6. The fraction of sp³-hybridized carbons (Fsp3) is 0.0208. The van der Waals surface area contributed by atoms with E-state index in [1.165, 1.54) is 65.3 Å². The van der Waals surface area contributed by atoms with Crippen molar-refractivity contribution in [2.75, 3.05) is 0 Å². The van der Waals surface area contributed by atoms with Crippen LogP contribution in [0.15, 0.2) is 164 Å². The molecule has 238 valence electrons. The lowest BCUT2D eigenvalue weighted by Crippen LogP contribution is -2.05. The maximum Gasteiger partial charge on any atom is 0.153 e. The molecule has 51 heavy (non-hydrogen) atoms. The van der Waals surface area contributed by atoms with Gasteiger partial charge in [0.1, 0.15) is 11.3 Å². The molecule has 1 aliphatic rings. The fourth-order valence-electron chi connectivity index (χ4n) is 8.34. The van der Waals surface area contributed by atoms with Crippen LogP contribution in [0.2, 0.25) is 0 Å². The van der Waals surface area contributed by atoms with Gasteiger partial charge in [-0.2, -0.15) is 0 Å². The number of aromatic nitrogens is 2. The summed E-state index contributed by atoms with van der Waals surface area (Å²) < 4.78 is 8.77. The second kappa shape index (κ2) is 10.6. The quantitative estimate of drug-likeness (QED) is 0.178. The molecule has 9 aromatic carbocycles. The first kappa shape index (κ1) is 28.2. The minimum Gasteiger partial charge on any atom is -0.453 e. The van der Waals surface area contributed by atoms with Crippen molar-refractivity contribution in [3.05, 3.63) is 170 Å². The molecule has 3 heteroatoms. The van der Waals surface area contributed by atoms with Crippen LogP contribution in [0, 0.1) is 6.92 Å². The normalized spacial score (nSPS) is 12.2. The molecule has 2 heterocycles. The van der Waals surface area contributed by atoms with Gasteiger partial charge in [-0.3, -0.25) is 4.57 Å². The predicted octanol–water partition coefficient (Wildman–Crippen LogP) is 13.1. The highest BCUT2D eigenvalue weighted by Gasteiger charge is 2.24. The van der Waals surface area contributed by atoms with E-state index in [0.29, 0.717) is 0 Å². The summed E-state index contributed by atoms with van der Waals surface area (Å²) in [6.45, 7) is 2.06. The molecule has 0 unspecified atom stereocenters. The standard InChI is InChI=1S/C48H30N2O/c1-29-49-42-15-8-16-44-48(42)50(29)43-24-22-35(28-45(43)51-44)34-21-23-40-41(27-34)47(37-20-18-31-10-3-5-12-33(31)26-37)39-14-7-6-13-38(39)46(40)36-19-17-30-9-2-4-11-32(30)25-36/h2-28H,1H3. The number of hydrogen-bond acceptors (Lipinski definition) is 2. The lowest BCUT2D eigenvalue weighted by molar-refractivity contribution is 0.475. The van der Waals surface area contributed by atoms with E-state index in [1.54, 1.807) is 0 Å². The molecule has 1 aliphatic heterocycles. The number of nitrogens with zero attached hydrogens (tertiary/aromatic N) is 2. The topological polar surface area (TPSA) is 27.1 Å². The van der Waals surface area contributed by atoms with Gasteiger partial charge in [-0.15, -0.1) is 0 Å².